The van der Waals surface area contributed by atoms with E-state index in [1.807, 2.05) is 17.5 Å². The van der Waals surface area contributed by atoms with Crippen LogP contribution in [0.3, 0.4) is 0 Å². The van der Waals surface area contributed by atoms with Crippen molar-refractivity contribution >= 4 is 47.2 Å². The summed E-state index contributed by atoms with van der Waals surface area (Å²) in [6.45, 7) is -0.00766. The Kier molecular flexibility index (Phi) is 6.61. The van der Waals surface area contributed by atoms with Gasteiger partial charge in [0.2, 0.25) is 11.8 Å². The van der Waals surface area contributed by atoms with Crippen molar-refractivity contribution in [2.45, 2.75) is 30.5 Å². The molecule has 8 nitrogen and oxygen atoms in total. The molecule has 1 fully saturated rings. The largest absolute Gasteiger partial charge is 0.497 e. The molecule has 0 saturated carbocycles. The Morgan fingerprint density at radius 2 is 2.00 bits per heavy atom. The van der Waals surface area contributed by atoms with Crippen molar-refractivity contribution in [1.29, 1.82) is 0 Å². The number of rotatable bonds is 8. The van der Waals surface area contributed by atoms with Gasteiger partial charge in [-0.1, -0.05) is 18.2 Å². The molecule has 2 aliphatic rings. The highest BCUT2D eigenvalue weighted by Crippen LogP contribution is 2.40. The molecule has 0 radical (unpaired) electrons. The quantitative estimate of drug-likeness (QED) is 0.356. The fourth-order valence-electron chi connectivity index (χ4n) is 3.50. The minimum atomic E-state index is -1.13. The zero-order valence-electron chi connectivity index (χ0n) is 17.1. The number of esters is 1. The van der Waals surface area contributed by atoms with Crippen LogP contribution in [0.5, 0.6) is 5.75 Å². The van der Waals surface area contributed by atoms with E-state index in [1.54, 1.807) is 36.8 Å². The van der Waals surface area contributed by atoms with Crippen LogP contribution in [0, 0.1) is 0 Å². The average Bonchev–Trinajstić information content (AvgIpc) is 3.33. The van der Waals surface area contributed by atoms with E-state index in [0.717, 1.165) is 10.4 Å². The van der Waals surface area contributed by atoms with E-state index < -0.39 is 29.3 Å². The number of hydrogen-bond acceptors (Lipinski definition) is 8. The van der Waals surface area contributed by atoms with Crippen LogP contribution in [0.1, 0.15) is 10.4 Å². The molecule has 1 aromatic carbocycles. The van der Waals surface area contributed by atoms with Gasteiger partial charge in [0, 0.05) is 10.5 Å². The maximum absolute atomic E-state index is 12.8. The van der Waals surface area contributed by atoms with Gasteiger partial charge in [0.05, 0.1) is 13.5 Å². The van der Waals surface area contributed by atoms with Crippen LogP contribution in [0.25, 0.3) is 0 Å². The van der Waals surface area contributed by atoms with E-state index in [4.69, 9.17) is 9.47 Å². The zero-order valence-corrected chi connectivity index (χ0v) is 18.7. The molecule has 2 aliphatic heterocycles. The van der Waals surface area contributed by atoms with Crippen LogP contribution >= 0.6 is 23.1 Å². The summed E-state index contributed by atoms with van der Waals surface area (Å²) in [6, 6.07) is 8.83. The lowest BCUT2D eigenvalue weighted by Gasteiger charge is -2.51. The van der Waals surface area contributed by atoms with E-state index >= 15 is 0 Å². The summed E-state index contributed by atoms with van der Waals surface area (Å²) in [5.74, 6) is -0.700. The number of aldehydes is 1. The number of thioether (sulfide) groups is 1. The lowest BCUT2D eigenvalue weighted by Crippen LogP contribution is -2.74. The molecule has 3 heterocycles. The molecular formula is C22H20N2O6S2. The number of carbonyl (C=O) groups is 4. The van der Waals surface area contributed by atoms with E-state index in [9.17, 15) is 19.2 Å². The number of hydrogen-bond donors (Lipinski definition) is 1. The van der Waals surface area contributed by atoms with Crippen LogP contribution in [-0.2, 0) is 36.9 Å². The molecule has 0 bridgehead atoms. The lowest BCUT2D eigenvalue weighted by molar-refractivity contribution is -0.164. The van der Waals surface area contributed by atoms with Gasteiger partial charge in [-0.2, -0.15) is 0 Å². The van der Waals surface area contributed by atoms with Gasteiger partial charge in [-0.15, -0.1) is 23.1 Å². The van der Waals surface area contributed by atoms with Gasteiger partial charge in [-0.25, -0.2) is 4.79 Å². The first-order valence-corrected chi connectivity index (χ1v) is 11.6. The molecule has 10 heteroatoms. The Balaban J connectivity index is 1.40. The van der Waals surface area contributed by atoms with E-state index in [-0.39, 0.29) is 24.5 Å². The van der Waals surface area contributed by atoms with Gasteiger partial charge in [0.25, 0.3) is 0 Å². The zero-order chi connectivity index (χ0) is 22.7. The predicted octanol–water partition coefficient (Wildman–Crippen LogP) is 1.89. The third-order valence-corrected chi connectivity index (χ3v) is 7.21. The van der Waals surface area contributed by atoms with Crippen molar-refractivity contribution in [3.63, 3.8) is 0 Å². The number of carbonyl (C=O) groups excluding carboxylic acids is 4. The van der Waals surface area contributed by atoms with Gasteiger partial charge < -0.3 is 19.7 Å². The molecule has 1 N–H and O–H groups in total. The number of benzene rings is 1. The van der Waals surface area contributed by atoms with Crippen LogP contribution < -0.4 is 10.1 Å². The fraction of sp³-hybridized carbons (Fsp3) is 0.273. The second kappa shape index (κ2) is 9.58. The number of amides is 2. The Morgan fingerprint density at radius 3 is 2.66 bits per heavy atom. The summed E-state index contributed by atoms with van der Waals surface area (Å²) in [6.07, 6.45) is 0.736. The predicted molar refractivity (Wildman–Crippen MR) is 119 cm³/mol. The summed E-state index contributed by atoms with van der Waals surface area (Å²) in [5.41, 5.74) is 0.897. The first-order valence-electron chi connectivity index (χ1n) is 9.76. The summed E-state index contributed by atoms with van der Waals surface area (Å²) in [5, 5.41) is 5.70. The highest BCUT2D eigenvalue weighted by molar-refractivity contribution is 8.03. The highest BCUT2D eigenvalue weighted by Gasteiger charge is 2.56. The first-order chi connectivity index (χ1) is 15.5. The van der Waals surface area contributed by atoms with Gasteiger partial charge >= 0.3 is 5.97 Å². The smallest absolute Gasteiger partial charge is 0.334 e. The standard InChI is InChI=1S/C22H20N2O6S2/c1-29-15-6-4-13(5-7-15)11-30-22(28)19-14(10-25)12-32-21-18(20(27)24(19)21)23-17(26)9-16-3-2-8-31-16/h2-8,10,12,18-19,21H,9,11H2,1H3,(H,23,26)/t18?,19?,21-/m0/s1. The summed E-state index contributed by atoms with van der Waals surface area (Å²) in [7, 11) is 1.56. The molecule has 1 aromatic heterocycles. The third-order valence-electron chi connectivity index (χ3n) is 5.15. The maximum Gasteiger partial charge on any atom is 0.334 e. The molecule has 2 unspecified atom stereocenters. The van der Waals surface area contributed by atoms with Crippen molar-refractivity contribution in [1.82, 2.24) is 10.2 Å². The molecule has 166 valence electrons. The fourth-order valence-corrected chi connectivity index (χ4v) is 5.39. The van der Waals surface area contributed by atoms with Gasteiger partial charge in [-0.3, -0.25) is 14.4 Å². The molecule has 4 rings (SSSR count). The van der Waals surface area contributed by atoms with Crippen LogP contribution in [-0.4, -0.2) is 53.5 Å². The summed E-state index contributed by atoms with van der Waals surface area (Å²) < 4.78 is 10.5. The SMILES string of the molecule is COc1ccc(COC(=O)C2C(C=O)=CS[C@H]3C(NC(=O)Cc4cccs4)C(=O)N23)cc1. The van der Waals surface area contributed by atoms with Gasteiger partial charge in [0.1, 0.15) is 30.1 Å². The number of nitrogens with one attached hydrogen (secondary N) is 1. The van der Waals surface area contributed by atoms with E-state index in [2.05, 4.69) is 5.32 Å². The highest BCUT2D eigenvalue weighted by atomic mass is 32.2. The van der Waals surface area contributed by atoms with Gasteiger partial charge in [-0.05, 0) is 34.6 Å². The first kappa shape index (κ1) is 22.1. The number of nitrogens with zero attached hydrogens (tertiary/aromatic N) is 1. The van der Waals surface area contributed by atoms with Crippen LogP contribution in [0.4, 0.5) is 0 Å². The second-order valence-corrected chi connectivity index (χ2v) is 9.19. The number of fused-ring (bicyclic) bond motifs is 1. The maximum atomic E-state index is 12.8. The minimum absolute atomic E-state index is 0.00766. The Morgan fingerprint density at radius 1 is 1.22 bits per heavy atom. The molecule has 2 aromatic rings. The number of thiophene rings is 1. The van der Waals surface area contributed by atoms with Crippen LogP contribution in [0.2, 0.25) is 0 Å². The van der Waals surface area contributed by atoms with Crippen molar-refractivity contribution in [3.05, 3.63) is 63.2 Å². The van der Waals surface area contributed by atoms with Crippen molar-refractivity contribution in [2.24, 2.45) is 0 Å². The van der Waals surface area contributed by atoms with Crippen LogP contribution in [0.15, 0.2) is 52.8 Å². The van der Waals surface area contributed by atoms with E-state index in [0.29, 0.717) is 12.0 Å². The van der Waals surface area contributed by atoms with Crippen molar-refractivity contribution in [2.75, 3.05) is 7.11 Å². The summed E-state index contributed by atoms with van der Waals surface area (Å²) >= 11 is 2.69. The molecule has 0 spiro atoms. The molecule has 2 amide bonds. The van der Waals surface area contributed by atoms with E-state index in [1.165, 1.54) is 28.0 Å². The number of β-lactam (4-membered cyclic amide) rings is 1. The van der Waals surface area contributed by atoms with Gasteiger partial charge in [0.15, 0.2) is 6.04 Å². The molecule has 3 atom stereocenters. The Labute approximate surface area is 192 Å². The minimum Gasteiger partial charge on any atom is -0.497 e. The third kappa shape index (κ3) is 4.42. The molecular weight excluding hydrogens is 452 g/mol. The normalized spacial score (nSPS) is 21.7. The Hall–Kier alpha value is -3.11. The number of ether oxygens (including phenoxy) is 2. The topological polar surface area (TPSA) is 102 Å². The number of methoxy groups -OCH3 is 1. The van der Waals surface area contributed by atoms with Crippen molar-refractivity contribution in [3.8, 4) is 5.75 Å². The Bertz CT molecular complexity index is 1050. The molecule has 32 heavy (non-hydrogen) atoms. The monoisotopic (exact) mass is 472 g/mol. The molecule has 0 aliphatic carbocycles. The average molecular weight is 473 g/mol. The second-order valence-electron chi connectivity index (χ2n) is 7.17. The summed E-state index contributed by atoms with van der Waals surface area (Å²) in [4.78, 5) is 51.6. The molecule has 1 saturated heterocycles. The lowest BCUT2D eigenvalue weighted by atomic mass is 9.98. The van der Waals surface area contributed by atoms with Crippen molar-refractivity contribution < 1.29 is 28.7 Å².